The van der Waals surface area contributed by atoms with E-state index in [0.29, 0.717) is 12.5 Å². The molecule has 0 saturated carbocycles. The van der Waals surface area contributed by atoms with Gasteiger partial charge in [0.25, 0.3) is 0 Å². The van der Waals surface area contributed by atoms with Crippen LogP contribution < -0.4 is 5.32 Å². The van der Waals surface area contributed by atoms with Gasteiger partial charge in [-0.05, 0) is 38.8 Å². The monoisotopic (exact) mass is 192 g/mol. The standard InChI is InChI=1S/C8H16N2O.ClH/c1-2-11-10-7-8-3-5-9-6-4-8;/h7-9H,2-6H2,1H3;1H/b10-7-;. The quantitative estimate of drug-likeness (QED) is 0.542. The van der Waals surface area contributed by atoms with Gasteiger partial charge < -0.3 is 10.2 Å². The molecule has 0 aromatic rings. The summed E-state index contributed by atoms with van der Waals surface area (Å²) in [4.78, 5) is 4.89. The van der Waals surface area contributed by atoms with Gasteiger partial charge in [0.05, 0.1) is 0 Å². The second-order valence-corrected chi connectivity index (χ2v) is 2.76. The zero-order chi connectivity index (χ0) is 7.94. The first-order chi connectivity index (χ1) is 5.43. The molecule has 72 valence electrons. The number of oxime groups is 1. The van der Waals surface area contributed by atoms with Gasteiger partial charge in [-0.25, -0.2) is 0 Å². The Kier molecular flexibility index (Phi) is 7.20. The zero-order valence-electron chi connectivity index (χ0n) is 7.45. The summed E-state index contributed by atoms with van der Waals surface area (Å²) >= 11 is 0. The third-order valence-electron chi connectivity index (χ3n) is 1.86. The maximum absolute atomic E-state index is 4.89. The molecule has 1 aliphatic heterocycles. The van der Waals surface area contributed by atoms with Crippen LogP contribution in [0.15, 0.2) is 5.16 Å². The highest BCUT2D eigenvalue weighted by Gasteiger charge is 2.09. The predicted octanol–water partition coefficient (Wildman–Crippen LogP) is 1.43. The fourth-order valence-electron chi connectivity index (χ4n) is 1.20. The van der Waals surface area contributed by atoms with Crippen molar-refractivity contribution in [1.82, 2.24) is 5.32 Å². The molecule has 0 bridgehead atoms. The van der Waals surface area contributed by atoms with E-state index in [0.717, 1.165) is 13.1 Å². The number of hydrogen-bond acceptors (Lipinski definition) is 3. The van der Waals surface area contributed by atoms with Crippen LogP contribution in [0.1, 0.15) is 19.8 Å². The van der Waals surface area contributed by atoms with E-state index in [9.17, 15) is 0 Å². The highest BCUT2D eigenvalue weighted by Crippen LogP contribution is 2.08. The zero-order valence-corrected chi connectivity index (χ0v) is 8.27. The number of nitrogens with zero attached hydrogens (tertiary/aromatic N) is 1. The van der Waals surface area contributed by atoms with E-state index in [1.54, 1.807) is 0 Å². The molecular weight excluding hydrogens is 176 g/mol. The smallest absolute Gasteiger partial charge is 0.114 e. The van der Waals surface area contributed by atoms with Crippen LogP contribution in [0.3, 0.4) is 0 Å². The molecule has 0 radical (unpaired) electrons. The van der Waals surface area contributed by atoms with Crippen LogP contribution in [0.5, 0.6) is 0 Å². The summed E-state index contributed by atoms with van der Waals surface area (Å²) in [6.45, 7) is 4.84. The minimum Gasteiger partial charge on any atom is -0.396 e. The third-order valence-corrected chi connectivity index (χ3v) is 1.86. The summed E-state index contributed by atoms with van der Waals surface area (Å²) < 4.78 is 0. The SMILES string of the molecule is CCO/N=C\C1CCNCC1.Cl. The van der Waals surface area contributed by atoms with Crippen LogP contribution in [0.25, 0.3) is 0 Å². The van der Waals surface area contributed by atoms with Crippen LogP contribution >= 0.6 is 12.4 Å². The topological polar surface area (TPSA) is 33.6 Å². The van der Waals surface area contributed by atoms with Gasteiger partial charge in [-0.15, -0.1) is 12.4 Å². The fourth-order valence-corrected chi connectivity index (χ4v) is 1.20. The predicted molar refractivity (Wildman–Crippen MR) is 53.0 cm³/mol. The molecule has 0 spiro atoms. The van der Waals surface area contributed by atoms with Crippen molar-refractivity contribution in [2.24, 2.45) is 11.1 Å². The second kappa shape index (κ2) is 7.37. The molecule has 1 N–H and O–H groups in total. The van der Waals surface area contributed by atoms with E-state index in [2.05, 4.69) is 10.5 Å². The van der Waals surface area contributed by atoms with Crippen LogP contribution in [-0.4, -0.2) is 25.9 Å². The van der Waals surface area contributed by atoms with E-state index in [4.69, 9.17) is 4.84 Å². The van der Waals surface area contributed by atoms with Crippen molar-refractivity contribution in [3.8, 4) is 0 Å². The molecule has 1 fully saturated rings. The number of halogens is 1. The van der Waals surface area contributed by atoms with Crippen molar-refractivity contribution in [2.75, 3.05) is 19.7 Å². The van der Waals surface area contributed by atoms with Crippen LogP contribution in [0.2, 0.25) is 0 Å². The average Bonchev–Trinajstić information content (AvgIpc) is 2.07. The highest BCUT2D eigenvalue weighted by atomic mass is 35.5. The summed E-state index contributed by atoms with van der Waals surface area (Å²) in [5.74, 6) is 0.628. The van der Waals surface area contributed by atoms with Crippen molar-refractivity contribution >= 4 is 18.6 Å². The Labute approximate surface area is 80.0 Å². The molecule has 1 aliphatic rings. The van der Waals surface area contributed by atoms with E-state index in [1.165, 1.54) is 12.8 Å². The van der Waals surface area contributed by atoms with Gasteiger partial charge in [0.2, 0.25) is 0 Å². The Morgan fingerprint density at radius 3 is 2.75 bits per heavy atom. The van der Waals surface area contributed by atoms with Crippen molar-refractivity contribution < 1.29 is 4.84 Å². The van der Waals surface area contributed by atoms with E-state index in [-0.39, 0.29) is 12.4 Å². The molecule has 0 aromatic carbocycles. The maximum atomic E-state index is 4.89. The lowest BCUT2D eigenvalue weighted by molar-refractivity contribution is 0.158. The molecule has 0 aliphatic carbocycles. The first-order valence-corrected chi connectivity index (χ1v) is 4.29. The summed E-state index contributed by atoms with van der Waals surface area (Å²) in [6.07, 6.45) is 4.32. The van der Waals surface area contributed by atoms with Crippen molar-refractivity contribution in [2.45, 2.75) is 19.8 Å². The van der Waals surface area contributed by atoms with E-state index < -0.39 is 0 Å². The van der Waals surface area contributed by atoms with Gasteiger partial charge in [0, 0.05) is 6.21 Å². The minimum absolute atomic E-state index is 0. The second-order valence-electron chi connectivity index (χ2n) is 2.76. The van der Waals surface area contributed by atoms with E-state index in [1.807, 2.05) is 13.1 Å². The Bertz CT molecular complexity index is 124. The summed E-state index contributed by atoms with van der Waals surface area (Å²) in [6, 6.07) is 0. The van der Waals surface area contributed by atoms with Gasteiger partial charge in [-0.2, -0.15) is 0 Å². The van der Waals surface area contributed by atoms with Gasteiger partial charge in [0.15, 0.2) is 0 Å². The molecule has 1 heterocycles. The van der Waals surface area contributed by atoms with Crippen LogP contribution in [0.4, 0.5) is 0 Å². The molecule has 0 atom stereocenters. The van der Waals surface area contributed by atoms with Crippen molar-refractivity contribution in [3.63, 3.8) is 0 Å². The molecule has 1 rings (SSSR count). The molecule has 0 aromatic heterocycles. The lowest BCUT2D eigenvalue weighted by atomic mass is 10.0. The molecule has 3 nitrogen and oxygen atoms in total. The number of rotatable bonds is 3. The van der Waals surface area contributed by atoms with Gasteiger partial charge in [-0.1, -0.05) is 5.16 Å². The van der Waals surface area contributed by atoms with Gasteiger partial charge in [-0.3, -0.25) is 0 Å². The average molecular weight is 193 g/mol. The first kappa shape index (κ1) is 11.7. The first-order valence-electron chi connectivity index (χ1n) is 4.29. The van der Waals surface area contributed by atoms with Crippen molar-refractivity contribution in [1.29, 1.82) is 0 Å². The lowest BCUT2D eigenvalue weighted by Gasteiger charge is -2.17. The third kappa shape index (κ3) is 4.57. The molecule has 4 heteroatoms. The van der Waals surface area contributed by atoms with Gasteiger partial charge in [0.1, 0.15) is 6.61 Å². The maximum Gasteiger partial charge on any atom is 0.114 e. The number of piperidine rings is 1. The highest BCUT2D eigenvalue weighted by molar-refractivity contribution is 5.85. The number of nitrogens with one attached hydrogen (secondary N) is 1. The van der Waals surface area contributed by atoms with E-state index >= 15 is 0 Å². The summed E-state index contributed by atoms with van der Waals surface area (Å²) in [5.41, 5.74) is 0. The Morgan fingerprint density at radius 2 is 2.17 bits per heavy atom. The Balaban J connectivity index is 0.00000121. The van der Waals surface area contributed by atoms with Crippen LogP contribution in [0, 0.1) is 5.92 Å². The largest absolute Gasteiger partial charge is 0.396 e. The molecule has 1 saturated heterocycles. The summed E-state index contributed by atoms with van der Waals surface area (Å²) in [7, 11) is 0. The van der Waals surface area contributed by atoms with Crippen LogP contribution in [-0.2, 0) is 4.84 Å². The lowest BCUT2D eigenvalue weighted by Crippen LogP contribution is -2.28. The Morgan fingerprint density at radius 1 is 1.50 bits per heavy atom. The minimum atomic E-state index is 0. The molecule has 12 heavy (non-hydrogen) atoms. The summed E-state index contributed by atoms with van der Waals surface area (Å²) in [5, 5.41) is 7.16. The number of hydrogen-bond donors (Lipinski definition) is 1. The molecular formula is C8H17ClN2O. The Hall–Kier alpha value is -0.280. The normalized spacial score (nSPS) is 19.1. The van der Waals surface area contributed by atoms with Crippen molar-refractivity contribution in [3.05, 3.63) is 0 Å². The molecule has 0 amide bonds. The fraction of sp³-hybridized carbons (Fsp3) is 0.875. The molecule has 0 unspecified atom stereocenters. The van der Waals surface area contributed by atoms with Gasteiger partial charge >= 0.3 is 0 Å².